The van der Waals surface area contributed by atoms with Crippen LogP contribution in [0.1, 0.15) is 35.4 Å². The summed E-state index contributed by atoms with van der Waals surface area (Å²) in [7, 11) is 2.19. The van der Waals surface area contributed by atoms with Gasteiger partial charge in [-0.1, -0.05) is 24.3 Å². The number of phenols is 2. The number of unbranched alkanes of at least 4 members (excludes halogenated alkanes) is 1. The van der Waals surface area contributed by atoms with Crippen molar-refractivity contribution in [2.45, 2.75) is 19.4 Å². The summed E-state index contributed by atoms with van der Waals surface area (Å²) in [5.41, 5.74) is 3.24. The highest BCUT2D eigenvalue weighted by Gasteiger charge is 2.06. The Labute approximate surface area is 218 Å². The third kappa shape index (κ3) is 7.53. The fraction of sp³-hybridized carbons (Fsp3) is 0.259. The number of hydrogen-bond donors (Lipinski definition) is 2. The third-order valence-corrected chi connectivity index (χ3v) is 6.60. The molecule has 3 aromatic rings. The first kappa shape index (κ1) is 27.2. The van der Waals surface area contributed by atoms with Crippen LogP contribution in [0.3, 0.4) is 0 Å². The molecule has 190 valence electrons. The molecule has 0 saturated heterocycles. The van der Waals surface area contributed by atoms with Gasteiger partial charge in [-0.25, -0.2) is 4.98 Å². The second-order valence-corrected chi connectivity index (χ2v) is 9.97. The molecule has 0 aliphatic heterocycles. The molecule has 2 aromatic carbocycles. The largest absolute Gasteiger partial charge is 0.504 e. The molecule has 0 aliphatic carbocycles. The van der Waals surface area contributed by atoms with Gasteiger partial charge in [-0.05, 0) is 78.7 Å². The SMILES string of the molecule is COc1cc(C=Cc2cc(C=Cc3ccc(O)c(OC)c3)n(CCCCS(C)=O)c(=S)n2)ccc1O. The van der Waals surface area contributed by atoms with Crippen LogP contribution in [-0.4, -0.2) is 50.2 Å². The normalized spacial score (nSPS) is 12.3. The molecule has 0 fully saturated rings. The molecule has 9 heteroatoms. The number of methoxy groups -OCH3 is 2. The van der Waals surface area contributed by atoms with Gasteiger partial charge in [0.25, 0.3) is 0 Å². The van der Waals surface area contributed by atoms with E-state index < -0.39 is 10.8 Å². The molecule has 1 atom stereocenters. The molecule has 0 spiro atoms. The molecule has 0 saturated carbocycles. The number of rotatable bonds is 11. The molecule has 0 aliphatic rings. The van der Waals surface area contributed by atoms with Crippen molar-refractivity contribution in [1.82, 2.24) is 9.55 Å². The molecule has 1 unspecified atom stereocenters. The van der Waals surface area contributed by atoms with Crippen molar-refractivity contribution in [3.05, 3.63) is 69.8 Å². The van der Waals surface area contributed by atoms with Gasteiger partial charge < -0.3 is 24.3 Å². The number of ether oxygens (including phenoxy) is 2. The summed E-state index contributed by atoms with van der Waals surface area (Å²) in [6.07, 6.45) is 11.0. The van der Waals surface area contributed by atoms with Crippen molar-refractivity contribution in [2.24, 2.45) is 0 Å². The molecule has 1 heterocycles. The summed E-state index contributed by atoms with van der Waals surface area (Å²) in [5.74, 6) is 1.58. The number of nitrogens with zero attached hydrogens (tertiary/aromatic N) is 2. The second kappa shape index (κ2) is 13.0. The van der Waals surface area contributed by atoms with Crippen LogP contribution in [0.25, 0.3) is 24.3 Å². The van der Waals surface area contributed by atoms with E-state index in [4.69, 9.17) is 21.7 Å². The number of aromatic hydroxyl groups is 2. The minimum absolute atomic E-state index is 0.0755. The Bertz CT molecular complexity index is 1350. The van der Waals surface area contributed by atoms with Gasteiger partial charge in [-0.15, -0.1) is 0 Å². The van der Waals surface area contributed by atoms with E-state index in [9.17, 15) is 14.4 Å². The first-order chi connectivity index (χ1) is 17.3. The van der Waals surface area contributed by atoms with Gasteiger partial charge in [-0.3, -0.25) is 4.21 Å². The summed E-state index contributed by atoms with van der Waals surface area (Å²) in [6.45, 7) is 0.654. The van der Waals surface area contributed by atoms with Crippen LogP contribution in [0.5, 0.6) is 23.0 Å². The minimum atomic E-state index is -0.827. The Balaban J connectivity index is 1.94. The summed E-state index contributed by atoms with van der Waals surface area (Å²) < 4.78 is 24.2. The van der Waals surface area contributed by atoms with E-state index in [2.05, 4.69) is 4.98 Å². The molecule has 3 rings (SSSR count). The Morgan fingerprint density at radius 2 is 1.50 bits per heavy atom. The van der Waals surface area contributed by atoms with Crippen molar-refractivity contribution in [3.63, 3.8) is 0 Å². The first-order valence-electron chi connectivity index (χ1n) is 11.3. The Hall–Kier alpha value is -3.43. The second-order valence-electron chi connectivity index (χ2n) is 8.05. The molecule has 2 N–H and O–H groups in total. The van der Waals surface area contributed by atoms with Crippen LogP contribution >= 0.6 is 12.2 Å². The van der Waals surface area contributed by atoms with Gasteiger partial charge in [0, 0.05) is 35.0 Å². The number of aromatic nitrogens is 2. The zero-order chi connectivity index (χ0) is 26.1. The molecule has 36 heavy (non-hydrogen) atoms. The maximum absolute atomic E-state index is 11.4. The van der Waals surface area contributed by atoms with Gasteiger partial charge in [0.2, 0.25) is 0 Å². The number of phenolic OH excluding ortho intramolecular Hbond substituents is 2. The molecule has 0 radical (unpaired) electrons. The van der Waals surface area contributed by atoms with Crippen molar-refractivity contribution in [3.8, 4) is 23.0 Å². The van der Waals surface area contributed by atoms with Crippen LogP contribution in [0.2, 0.25) is 0 Å². The minimum Gasteiger partial charge on any atom is -0.504 e. The quantitative estimate of drug-likeness (QED) is 0.250. The lowest BCUT2D eigenvalue weighted by atomic mass is 10.1. The highest BCUT2D eigenvalue weighted by atomic mass is 32.2. The lowest BCUT2D eigenvalue weighted by Gasteiger charge is -2.12. The molecule has 1 aromatic heterocycles. The number of benzene rings is 2. The van der Waals surface area contributed by atoms with Crippen LogP contribution in [-0.2, 0) is 17.3 Å². The van der Waals surface area contributed by atoms with Gasteiger partial charge in [0.05, 0.1) is 19.9 Å². The average molecular weight is 527 g/mol. The van der Waals surface area contributed by atoms with E-state index in [0.717, 1.165) is 29.7 Å². The zero-order valence-electron chi connectivity index (χ0n) is 20.5. The molecule has 0 bridgehead atoms. The van der Waals surface area contributed by atoms with E-state index in [-0.39, 0.29) is 11.5 Å². The van der Waals surface area contributed by atoms with Gasteiger partial charge in [0.15, 0.2) is 27.8 Å². The topological polar surface area (TPSA) is 93.8 Å². The molecular weight excluding hydrogens is 496 g/mol. The summed E-state index contributed by atoms with van der Waals surface area (Å²) in [5, 5.41) is 19.7. The summed E-state index contributed by atoms with van der Waals surface area (Å²) in [4.78, 5) is 4.58. The Kier molecular flexibility index (Phi) is 9.84. The van der Waals surface area contributed by atoms with E-state index in [1.165, 1.54) is 14.2 Å². The van der Waals surface area contributed by atoms with Crippen molar-refractivity contribution < 1.29 is 23.9 Å². The monoisotopic (exact) mass is 526 g/mol. The molecule has 7 nitrogen and oxygen atoms in total. The fourth-order valence-electron chi connectivity index (χ4n) is 3.53. The van der Waals surface area contributed by atoms with Crippen molar-refractivity contribution in [2.75, 3.05) is 26.2 Å². The van der Waals surface area contributed by atoms with E-state index in [1.807, 2.05) is 34.9 Å². The summed E-state index contributed by atoms with van der Waals surface area (Å²) >= 11 is 5.62. The van der Waals surface area contributed by atoms with Gasteiger partial charge in [-0.2, -0.15) is 0 Å². The van der Waals surface area contributed by atoms with Crippen LogP contribution in [0.15, 0.2) is 42.5 Å². The maximum atomic E-state index is 11.4. The summed E-state index contributed by atoms with van der Waals surface area (Å²) in [6, 6.07) is 12.2. The highest BCUT2D eigenvalue weighted by Crippen LogP contribution is 2.28. The van der Waals surface area contributed by atoms with Crippen LogP contribution < -0.4 is 9.47 Å². The van der Waals surface area contributed by atoms with E-state index in [0.29, 0.717) is 34.3 Å². The molecule has 0 amide bonds. The number of hydrogen-bond acceptors (Lipinski definition) is 7. The zero-order valence-corrected chi connectivity index (χ0v) is 22.1. The predicted molar refractivity (Wildman–Crippen MR) is 148 cm³/mol. The lowest BCUT2D eigenvalue weighted by molar-refractivity contribution is 0.373. The average Bonchev–Trinajstić information content (AvgIpc) is 2.86. The van der Waals surface area contributed by atoms with Crippen LogP contribution in [0.4, 0.5) is 0 Å². The third-order valence-electron chi connectivity index (χ3n) is 5.43. The first-order valence-corrected chi connectivity index (χ1v) is 13.5. The molecular formula is C27H30N2O5S2. The van der Waals surface area contributed by atoms with E-state index >= 15 is 0 Å². The standard InChI is InChI=1S/C27H30N2O5S2/c1-33-25-16-19(8-12-23(25)30)6-10-21-18-22(11-7-20-9-13-24(31)26(17-20)34-2)29(27(35)28-21)14-4-5-15-36(3)32/h6-13,16-18,30-31H,4-5,14-15H2,1-3H3. The fourth-order valence-corrected chi connectivity index (χ4v) is 4.44. The van der Waals surface area contributed by atoms with Crippen molar-refractivity contribution in [1.29, 1.82) is 0 Å². The van der Waals surface area contributed by atoms with Crippen LogP contribution in [0, 0.1) is 4.77 Å². The smallest absolute Gasteiger partial charge is 0.200 e. The van der Waals surface area contributed by atoms with Gasteiger partial charge >= 0.3 is 0 Å². The Morgan fingerprint density at radius 3 is 2.06 bits per heavy atom. The highest BCUT2D eigenvalue weighted by molar-refractivity contribution is 7.84. The Morgan fingerprint density at radius 1 is 0.917 bits per heavy atom. The van der Waals surface area contributed by atoms with Gasteiger partial charge in [0.1, 0.15) is 0 Å². The van der Waals surface area contributed by atoms with E-state index in [1.54, 1.807) is 42.7 Å². The predicted octanol–water partition coefficient (Wildman–Crippen LogP) is 5.54. The maximum Gasteiger partial charge on any atom is 0.200 e. The lowest BCUT2D eigenvalue weighted by Crippen LogP contribution is -2.08. The van der Waals surface area contributed by atoms with Crippen molar-refractivity contribution >= 4 is 47.3 Å².